The lowest BCUT2D eigenvalue weighted by Gasteiger charge is -2.36. The van der Waals surface area contributed by atoms with Gasteiger partial charge in [0.15, 0.2) is 0 Å². The van der Waals surface area contributed by atoms with Crippen LogP contribution in [0.2, 0.25) is 0 Å². The number of hydrogen-bond donors (Lipinski definition) is 2. The first kappa shape index (κ1) is 10.5. The van der Waals surface area contributed by atoms with Crippen LogP contribution in [0.15, 0.2) is 0 Å². The molecule has 0 aliphatic carbocycles. The Kier molecular flexibility index (Phi) is 3.72. The molecule has 0 saturated carbocycles. The third-order valence-electron chi connectivity index (χ3n) is 2.85. The van der Waals surface area contributed by atoms with Crippen molar-refractivity contribution in [1.29, 1.82) is 0 Å². The van der Waals surface area contributed by atoms with E-state index < -0.39 is 0 Å². The summed E-state index contributed by atoms with van der Waals surface area (Å²) >= 11 is 0. The van der Waals surface area contributed by atoms with Gasteiger partial charge in [0, 0.05) is 19.5 Å². The molecule has 1 unspecified atom stereocenters. The maximum atomic E-state index is 11.3. The maximum absolute atomic E-state index is 11.3. The van der Waals surface area contributed by atoms with E-state index in [4.69, 9.17) is 0 Å². The molecule has 76 valence electrons. The van der Waals surface area contributed by atoms with Gasteiger partial charge in [-0.1, -0.05) is 13.3 Å². The first-order valence-corrected chi connectivity index (χ1v) is 5.14. The standard InChI is InChI=1S/C10H20N2O/c1-3-4-10(8-11-2)5-6-12-9(13)7-10/h11H,3-8H2,1-2H3,(H,12,13). The topological polar surface area (TPSA) is 41.1 Å². The van der Waals surface area contributed by atoms with Gasteiger partial charge in [-0.2, -0.15) is 0 Å². The number of nitrogens with one attached hydrogen (secondary N) is 2. The zero-order valence-electron chi connectivity index (χ0n) is 8.65. The van der Waals surface area contributed by atoms with Crippen LogP contribution in [0, 0.1) is 5.41 Å². The van der Waals surface area contributed by atoms with Crippen LogP contribution in [0.5, 0.6) is 0 Å². The van der Waals surface area contributed by atoms with Crippen molar-refractivity contribution in [2.75, 3.05) is 20.1 Å². The molecule has 2 N–H and O–H groups in total. The molecule has 1 fully saturated rings. The lowest BCUT2D eigenvalue weighted by molar-refractivity contribution is -0.125. The molecule has 1 rings (SSSR count). The van der Waals surface area contributed by atoms with Crippen LogP contribution < -0.4 is 10.6 Å². The Bertz CT molecular complexity index is 168. The van der Waals surface area contributed by atoms with Gasteiger partial charge in [0.1, 0.15) is 0 Å². The Morgan fingerprint density at radius 1 is 1.62 bits per heavy atom. The zero-order valence-corrected chi connectivity index (χ0v) is 8.65. The normalized spacial score (nSPS) is 28.6. The van der Waals surface area contributed by atoms with Crippen molar-refractivity contribution in [3.63, 3.8) is 0 Å². The van der Waals surface area contributed by atoms with E-state index in [1.165, 1.54) is 0 Å². The minimum absolute atomic E-state index is 0.218. The van der Waals surface area contributed by atoms with Crippen molar-refractivity contribution in [1.82, 2.24) is 10.6 Å². The highest BCUT2D eigenvalue weighted by Gasteiger charge is 2.33. The minimum Gasteiger partial charge on any atom is -0.356 e. The monoisotopic (exact) mass is 184 g/mol. The lowest BCUT2D eigenvalue weighted by atomic mass is 9.75. The molecular formula is C10H20N2O. The van der Waals surface area contributed by atoms with Crippen LogP contribution >= 0.6 is 0 Å². The highest BCUT2D eigenvalue weighted by molar-refractivity contribution is 5.77. The molecule has 1 aliphatic rings. The highest BCUT2D eigenvalue weighted by Crippen LogP contribution is 2.33. The molecule has 0 aromatic heterocycles. The van der Waals surface area contributed by atoms with Crippen LogP contribution in [0.1, 0.15) is 32.6 Å². The van der Waals surface area contributed by atoms with Gasteiger partial charge in [0.2, 0.25) is 5.91 Å². The third-order valence-corrected chi connectivity index (χ3v) is 2.85. The SMILES string of the molecule is CCCC1(CNC)CCNC(=O)C1. The van der Waals surface area contributed by atoms with Gasteiger partial charge in [-0.15, -0.1) is 0 Å². The second-order valence-corrected chi connectivity index (χ2v) is 4.06. The molecule has 1 atom stereocenters. The minimum atomic E-state index is 0.218. The largest absolute Gasteiger partial charge is 0.356 e. The number of carbonyl (C=O) groups excluding carboxylic acids is 1. The van der Waals surface area contributed by atoms with Gasteiger partial charge >= 0.3 is 0 Å². The van der Waals surface area contributed by atoms with E-state index in [1.807, 2.05) is 7.05 Å². The first-order chi connectivity index (χ1) is 6.22. The van der Waals surface area contributed by atoms with Crippen LogP contribution in [0.4, 0.5) is 0 Å². The predicted octanol–water partition coefficient (Wildman–Crippen LogP) is 0.902. The smallest absolute Gasteiger partial charge is 0.220 e. The van der Waals surface area contributed by atoms with Gasteiger partial charge in [0.25, 0.3) is 0 Å². The fourth-order valence-corrected chi connectivity index (χ4v) is 2.32. The van der Waals surface area contributed by atoms with Crippen molar-refractivity contribution >= 4 is 5.91 Å². The number of piperidine rings is 1. The van der Waals surface area contributed by atoms with Gasteiger partial charge < -0.3 is 10.6 Å². The molecule has 13 heavy (non-hydrogen) atoms. The van der Waals surface area contributed by atoms with Gasteiger partial charge in [-0.25, -0.2) is 0 Å². The molecule has 0 radical (unpaired) electrons. The van der Waals surface area contributed by atoms with E-state index >= 15 is 0 Å². The molecular weight excluding hydrogens is 164 g/mol. The number of carbonyl (C=O) groups is 1. The summed E-state index contributed by atoms with van der Waals surface area (Å²) in [6, 6.07) is 0. The Balaban J connectivity index is 2.58. The summed E-state index contributed by atoms with van der Waals surface area (Å²) in [7, 11) is 1.96. The molecule has 0 aromatic carbocycles. The number of hydrogen-bond acceptors (Lipinski definition) is 2. The van der Waals surface area contributed by atoms with Gasteiger partial charge in [-0.3, -0.25) is 4.79 Å². The summed E-state index contributed by atoms with van der Waals surface area (Å²) in [5.41, 5.74) is 0.228. The fraction of sp³-hybridized carbons (Fsp3) is 0.900. The summed E-state index contributed by atoms with van der Waals surface area (Å²) in [5, 5.41) is 6.09. The van der Waals surface area contributed by atoms with E-state index in [2.05, 4.69) is 17.6 Å². The Hall–Kier alpha value is -0.570. The van der Waals surface area contributed by atoms with Gasteiger partial charge in [-0.05, 0) is 25.3 Å². The molecule has 0 bridgehead atoms. The second kappa shape index (κ2) is 4.61. The molecule has 1 heterocycles. The average molecular weight is 184 g/mol. The van der Waals surface area contributed by atoms with E-state index in [1.54, 1.807) is 0 Å². The number of rotatable bonds is 4. The average Bonchev–Trinajstić information content (AvgIpc) is 2.04. The van der Waals surface area contributed by atoms with Crippen LogP contribution in [-0.4, -0.2) is 26.0 Å². The van der Waals surface area contributed by atoms with Crippen LogP contribution in [-0.2, 0) is 4.79 Å². The van der Waals surface area contributed by atoms with Crippen molar-refractivity contribution in [3.8, 4) is 0 Å². The summed E-state index contributed by atoms with van der Waals surface area (Å²) in [4.78, 5) is 11.3. The summed E-state index contributed by atoms with van der Waals surface area (Å²) in [6.45, 7) is 4.00. The third kappa shape index (κ3) is 2.69. The summed E-state index contributed by atoms with van der Waals surface area (Å²) in [5.74, 6) is 0.218. The molecule has 0 spiro atoms. The maximum Gasteiger partial charge on any atom is 0.220 e. The summed E-state index contributed by atoms with van der Waals surface area (Å²) in [6.07, 6.45) is 4.13. The van der Waals surface area contributed by atoms with Crippen molar-refractivity contribution in [3.05, 3.63) is 0 Å². The highest BCUT2D eigenvalue weighted by atomic mass is 16.1. The molecule has 1 aliphatic heterocycles. The van der Waals surface area contributed by atoms with Crippen molar-refractivity contribution in [2.45, 2.75) is 32.6 Å². The molecule has 0 aromatic rings. The number of amides is 1. The summed E-state index contributed by atoms with van der Waals surface area (Å²) < 4.78 is 0. The Labute approximate surface area is 80.3 Å². The fourth-order valence-electron chi connectivity index (χ4n) is 2.32. The van der Waals surface area contributed by atoms with E-state index in [9.17, 15) is 4.79 Å². The zero-order chi connectivity index (χ0) is 9.73. The van der Waals surface area contributed by atoms with Crippen molar-refractivity contribution < 1.29 is 4.79 Å². The van der Waals surface area contributed by atoms with Gasteiger partial charge in [0.05, 0.1) is 0 Å². The van der Waals surface area contributed by atoms with Crippen LogP contribution in [0.25, 0.3) is 0 Å². The molecule has 3 nitrogen and oxygen atoms in total. The molecule has 1 saturated heterocycles. The van der Waals surface area contributed by atoms with Crippen molar-refractivity contribution in [2.24, 2.45) is 5.41 Å². The van der Waals surface area contributed by atoms with E-state index in [-0.39, 0.29) is 11.3 Å². The first-order valence-electron chi connectivity index (χ1n) is 5.14. The van der Waals surface area contributed by atoms with E-state index in [0.29, 0.717) is 6.42 Å². The lowest BCUT2D eigenvalue weighted by Crippen LogP contribution is -2.45. The molecule has 3 heteroatoms. The molecule has 1 amide bonds. The second-order valence-electron chi connectivity index (χ2n) is 4.06. The Morgan fingerprint density at radius 3 is 2.92 bits per heavy atom. The van der Waals surface area contributed by atoms with Crippen LogP contribution in [0.3, 0.4) is 0 Å². The predicted molar refractivity (Wildman–Crippen MR) is 53.5 cm³/mol. The van der Waals surface area contributed by atoms with E-state index in [0.717, 1.165) is 32.4 Å². The quantitative estimate of drug-likeness (QED) is 0.681. The Morgan fingerprint density at radius 2 is 2.38 bits per heavy atom.